The molecule has 1 aromatic carbocycles. The molecule has 0 saturated heterocycles. The Morgan fingerprint density at radius 3 is 2.85 bits per heavy atom. The maximum Gasteiger partial charge on any atom is 0.269 e. The highest BCUT2D eigenvalue weighted by molar-refractivity contribution is 7.09. The number of nitro benzene ring substituents is 1. The summed E-state index contributed by atoms with van der Waals surface area (Å²) in [5, 5.41) is 16.4. The molecule has 0 aliphatic heterocycles. The molecule has 1 unspecified atom stereocenters. The number of rotatable bonds is 7. The van der Waals surface area contributed by atoms with Gasteiger partial charge in [0, 0.05) is 29.6 Å². The molecule has 106 valence electrons. The minimum Gasteiger partial charge on any atom is -0.310 e. The normalized spacial score (nSPS) is 12.2. The Labute approximate surface area is 122 Å². The fourth-order valence-corrected chi connectivity index (χ4v) is 2.89. The van der Waals surface area contributed by atoms with Gasteiger partial charge in [0.05, 0.1) is 4.92 Å². The second-order valence-electron chi connectivity index (χ2n) is 4.60. The molecule has 0 aliphatic rings. The van der Waals surface area contributed by atoms with E-state index in [0.717, 1.165) is 24.9 Å². The number of nitrogens with zero attached hydrogens (tertiary/aromatic N) is 1. The van der Waals surface area contributed by atoms with Crippen molar-refractivity contribution in [1.29, 1.82) is 0 Å². The van der Waals surface area contributed by atoms with Gasteiger partial charge in [-0.2, -0.15) is 0 Å². The van der Waals surface area contributed by atoms with E-state index in [1.165, 1.54) is 10.9 Å². The SMILES string of the molecule is CCC(NCCc1cccs1)c1cccc([N+](=O)[O-])c1. The van der Waals surface area contributed by atoms with Gasteiger partial charge in [-0.25, -0.2) is 0 Å². The average Bonchev–Trinajstić information content (AvgIpc) is 2.97. The molecule has 2 aromatic rings. The van der Waals surface area contributed by atoms with Gasteiger partial charge in [-0.15, -0.1) is 11.3 Å². The van der Waals surface area contributed by atoms with Crippen LogP contribution in [0.2, 0.25) is 0 Å². The summed E-state index contributed by atoms with van der Waals surface area (Å²) in [7, 11) is 0. The molecular weight excluding hydrogens is 272 g/mol. The van der Waals surface area contributed by atoms with Gasteiger partial charge >= 0.3 is 0 Å². The van der Waals surface area contributed by atoms with Crippen molar-refractivity contribution in [2.45, 2.75) is 25.8 Å². The molecule has 2 rings (SSSR count). The van der Waals surface area contributed by atoms with E-state index < -0.39 is 0 Å². The summed E-state index contributed by atoms with van der Waals surface area (Å²) in [5.74, 6) is 0. The van der Waals surface area contributed by atoms with Crippen molar-refractivity contribution in [1.82, 2.24) is 5.32 Å². The largest absolute Gasteiger partial charge is 0.310 e. The number of nitro groups is 1. The van der Waals surface area contributed by atoms with E-state index in [9.17, 15) is 10.1 Å². The molecule has 0 amide bonds. The van der Waals surface area contributed by atoms with Crippen LogP contribution in [0.15, 0.2) is 41.8 Å². The molecule has 0 radical (unpaired) electrons. The first-order valence-corrected chi connectivity index (χ1v) is 7.58. The van der Waals surface area contributed by atoms with Crippen LogP contribution in [0.1, 0.15) is 29.8 Å². The minimum atomic E-state index is -0.345. The highest BCUT2D eigenvalue weighted by Crippen LogP contribution is 2.21. The summed E-state index contributed by atoms with van der Waals surface area (Å²) in [6.45, 7) is 2.96. The number of nitrogens with one attached hydrogen (secondary N) is 1. The maximum absolute atomic E-state index is 10.8. The van der Waals surface area contributed by atoms with Crippen molar-refractivity contribution in [3.63, 3.8) is 0 Å². The summed E-state index contributed by atoms with van der Waals surface area (Å²) in [5.41, 5.74) is 1.13. The van der Waals surface area contributed by atoms with E-state index in [0.29, 0.717) is 0 Å². The van der Waals surface area contributed by atoms with Crippen molar-refractivity contribution in [3.05, 3.63) is 62.3 Å². The van der Waals surface area contributed by atoms with Gasteiger partial charge in [0.1, 0.15) is 0 Å². The van der Waals surface area contributed by atoms with Gasteiger partial charge in [0.15, 0.2) is 0 Å². The topological polar surface area (TPSA) is 55.2 Å². The lowest BCUT2D eigenvalue weighted by molar-refractivity contribution is -0.384. The smallest absolute Gasteiger partial charge is 0.269 e. The van der Waals surface area contributed by atoms with Crippen molar-refractivity contribution in [3.8, 4) is 0 Å². The lowest BCUT2D eigenvalue weighted by Crippen LogP contribution is -2.23. The van der Waals surface area contributed by atoms with E-state index in [4.69, 9.17) is 0 Å². The monoisotopic (exact) mass is 290 g/mol. The zero-order chi connectivity index (χ0) is 14.4. The molecule has 0 spiro atoms. The molecule has 1 heterocycles. The Morgan fingerprint density at radius 1 is 1.35 bits per heavy atom. The van der Waals surface area contributed by atoms with Crippen LogP contribution in [-0.2, 0) is 6.42 Å². The molecule has 0 fully saturated rings. The van der Waals surface area contributed by atoms with Gasteiger partial charge in [0.2, 0.25) is 0 Å². The number of benzene rings is 1. The number of hydrogen-bond acceptors (Lipinski definition) is 4. The molecule has 4 nitrogen and oxygen atoms in total. The third kappa shape index (κ3) is 3.88. The van der Waals surface area contributed by atoms with Crippen LogP contribution in [0, 0.1) is 10.1 Å². The zero-order valence-electron chi connectivity index (χ0n) is 11.4. The van der Waals surface area contributed by atoms with E-state index in [1.807, 2.05) is 6.07 Å². The van der Waals surface area contributed by atoms with Gasteiger partial charge < -0.3 is 5.32 Å². The van der Waals surface area contributed by atoms with E-state index >= 15 is 0 Å². The first-order valence-electron chi connectivity index (χ1n) is 6.71. The average molecular weight is 290 g/mol. The summed E-state index contributed by atoms with van der Waals surface area (Å²) >= 11 is 1.76. The summed E-state index contributed by atoms with van der Waals surface area (Å²) in [6, 6.07) is 11.2. The third-order valence-corrected chi connectivity index (χ3v) is 4.17. The molecular formula is C15H18N2O2S. The predicted molar refractivity (Wildman–Crippen MR) is 82.2 cm³/mol. The zero-order valence-corrected chi connectivity index (χ0v) is 12.2. The molecule has 5 heteroatoms. The number of hydrogen-bond donors (Lipinski definition) is 1. The fourth-order valence-electron chi connectivity index (χ4n) is 2.18. The first kappa shape index (κ1) is 14.7. The molecule has 0 aliphatic carbocycles. The first-order chi connectivity index (χ1) is 9.70. The number of thiophene rings is 1. The van der Waals surface area contributed by atoms with E-state index in [1.54, 1.807) is 23.5 Å². The lowest BCUT2D eigenvalue weighted by atomic mass is 10.0. The Hall–Kier alpha value is -1.72. The fraction of sp³-hybridized carbons (Fsp3) is 0.333. The molecule has 1 aromatic heterocycles. The van der Waals surface area contributed by atoms with Crippen LogP contribution in [-0.4, -0.2) is 11.5 Å². The van der Waals surface area contributed by atoms with Crippen molar-refractivity contribution in [2.24, 2.45) is 0 Å². The lowest BCUT2D eigenvalue weighted by Gasteiger charge is -2.17. The standard InChI is InChI=1S/C15H18N2O2S/c1-2-15(16-9-8-14-7-4-10-20-14)12-5-3-6-13(11-12)17(18)19/h3-7,10-11,15-16H,2,8-9H2,1H3. The van der Waals surface area contributed by atoms with Gasteiger partial charge in [0.25, 0.3) is 5.69 Å². The molecule has 1 atom stereocenters. The highest BCUT2D eigenvalue weighted by atomic mass is 32.1. The Morgan fingerprint density at radius 2 is 2.20 bits per heavy atom. The molecule has 1 N–H and O–H groups in total. The second kappa shape index (κ2) is 7.17. The third-order valence-electron chi connectivity index (χ3n) is 3.23. The maximum atomic E-state index is 10.8. The van der Waals surface area contributed by atoms with Crippen LogP contribution < -0.4 is 5.32 Å². The summed E-state index contributed by atoms with van der Waals surface area (Å²) in [4.78, 5) is 11.8. The Bertz CT molecular complexity index is 555. The minimum absolute atomic E-state index is 0.154. The highest BCUT2D eigenvalue weighted by Gasteiger charge is 2.12. The number of non-ortho nitro benzene ring substituents is 1. The quantitative estimate of drug-likeness (QED) is 0.620. The van der Waals surface area contributed by atoms with Crippen molar-refractivity contribution < 1.29 is 4.92 Å². The van der Waals surface area contributed by atoms with Gasteiger partial charge in [-0.05, 0) is 29.9 Å². The Kier molecular flexibility index (Phi) is 5.26. The van der Waals surface area contributed by atoms with Crippen LogP contribution >= 0.6 is 11.3 Å². The van der Waals surface area contributed by atoms with Crippen LogP contribution in [0.25, 0.3) is 0 Å². The van der Waals surface area contributed by atoms with Crippen molar-refractivity contribution in [2.75, 3.05) is 6.54 Å². The predicted octanol–water partition coefficient (Wildman–Crippen LogP) is 3.94. The molecule has 0 bridgehead atoms. The summed E-state index contributed by atoms with van der Waals surface area (Å²) < 4.78 is 0. The molecule has 0 saturated carbocycles. The van der Waals surface area contributed by atoms with Gasteiger partial charge in [-0.1, -0.05) is 25.1 Å². The van der Waals surface area contributed by atoms with Crippen LogP contribution in [0.3, 0.4) is 0 Å². The van der Waals surface area contributed by atoms with Crippen LogP contribution in [0.4, 0.5) is 5.69 Å². The van der Waals surface area contributed by atoms with Gasteiger partial charge in [-0.3, -0.25) is 10.1 Å². The van der Waals surface area contributed by atoms with Crippen molar-refractivity contribution >= 4 is 17.0 Å². The van der Waals surface area contributed by atoms with E-state index in [-0.39, 0.29) is 16.7 Å². The Balaban J connectivity index is 1.97. The second-order valence-corrected chi connectivity index (χ2v) is 5.63. The molecule has 20 heavy (non-hydrogen) atoms. The van der Waals surface area contributed by atoms with Crippen LogP contribution in [0.5, 0.6) is 0 Å². The summed E-state index contributed by atoms with van der Waals surface area (Å²) in [6.07, 6.45) is 1.90. The van der Waals surface area contributed by atoms with E-state index in [2.05, 4.69) is 29.8 Å².